The summed E-state index contributed by atoms with van der Waals surface area (Å²) >= 11 is 4.34. The number of hydrogen-bond donors (Lipinski definition) is 0. The molecule has 0 radical (unpaired) electrons. The molecule has 0 spiro atoms. The summed E-state index contributed by atoms with van der Waals surface area (Å²) in [6, 6.07) is 1.49. The molecule has 158 valence electrons. The van der Waals surface area contributed by atoms with Crippen LogP contribution in [0.5, 0.6) is 0 Å². The SMILES string of the molecule is CCc1nn2c(=O)cc(CSc3nc4sc(C)c(C)c4c(=O)n3CCOC)nc2s1. The van der Waals surface area contributed by atoms with E-state index in [0.717, 1.165) is 26.7 Å². The molecule has 0 saturated carbocycles. The van der Waals surface area contributed by atoms with Gasteiger partial charge in [-0.05, 0) is 25.8 Å². The third-order valence-electron chi connectivity index (χ3n) is 4.76. The van der Waals surface area contributed by atoms with Crippen LogP contribution in [0.15, 0.2) is 20.8 Å². The number of nitrogens with zero attached hydrogens (tertiary/aromatic N) is 5. The van der Waals surface area contributed by atoms with E-state index in [2.05, 4.69) is 10.1 Å². The second-order valence-corrected chi connectivity index (χ2v) is 9.91. The van der Waals surface area contributed by atoms with Crippen LogP contribution in [0, 0.1) is 13.8 Å². The summed E-state index contributed by atoms with van der Waals surface area (Å²) < 4.78 is 8.18. The molecule has 0 bridgehead atoms. The first-order valence-corrected chi connectivity index (χ1v) is 12.1. The predicted molar refractivity (Wildman–Crippen MR) is 121 cm³/mol. The molecule has 0 N–H and O–H groups in total. The van der Waals surface area contributed by atoms with Gasteiger partial charge in [-0.2, -0.15) is 9.61 Å². The molecule has 0 aliphatic heterocycles. The molecule has 11 heteroatoms. The van der Waals surface area contributed by atoms with Crippen molar-refractivity contribution in [3.63, 3.8) is 0 Å². The van der Waals surface area contributed by atoms with E-state index in [1.807, 2.05) is 20.8 Å². The molecule has 0 atom stereocenters. The van der Waals surface area contributed by atoms with E-state index >= 15 is 0 Å². The minimum absolute atomic E-state index is 0.0556. The number of methoxy groups -OCH3 is 1. The van der Waals surface area contributed by atoms with Crippen molar-refractivity contribution in [3.8, 4) is 0 Å². The number of ether oxygens (including phenoxy) is 1. The van der Waals surface area contributed by atoms with Crippen LogP contribution in [0.2, 0.25) is 0 Å². The van der Waals surface area contributed by atoms with E-state index in [1.165, 1.54) is 45.0 Å². The summed E-state index contributed by atoms with van der Waals surface area (Å²) in [7, 11) is 1.61. The highest BCUT2D eigenvalue weighted by molar-refractivity contribution is 7.98. The van der Waals surface area contributed by atoms with Crippen molar-refractivity contribution in [3.05, 3.63) is 47.9 Å². The maximum absolute atomic E-state index is 13.2. The average Bonchev–Trinajstić information content (AvgIpc) is 3.27. The van der Waals surface area contributed by atoms with Gasteiger partial charge in [-0.15, -0.1) is 11.3 Å². The van der Waals surface area contributed by atoms with E-state index in [1.54, 1.807) is 11.7 Å². The zero-order chi connectivity index (χ0) is 21.4. The van der Waals surface area contributed by atoms with Gasteiger partial charge in [0.05, 0.1) is 24.2 Å². The van der Waals surface area contributed by atoms with Gasteiger partial charge in [0.1, 0.15) is 9.84 Å². The Balaban J connectivity index is 1.71. The second kappa shape index (κ2) is 8.58. The lowest BCUT2D eigenvalue weighted by Gasteiger charge is -2.11. The molecule has 30 heavy (non-hydrogen) atoms. The zero-order valence-corrected chi connectivity index (χ0v) is 19.5. The van der Waals surface area contributed by atoms with Crippen LogP contribution < -0.4 is 11.1 Å². The summed E-state index contributed by atoms with van der Waals surface area (Å²) in [5, 5.41) is 6.42. The maximum Gasteiger partial charge on any atom is 0.275 e. The normalized spacial score (nSPS) is 11.7. The van der Waals surface area contributed by atoms with Gasteiger partial charge in [0.25, 0.3) is 11.1 Å². The lowest BCUT2D eigenvalue weighted by atomic mass is 10.2. The molecule has 0 aliphatic rings. The van der Waals surface area contributed by atoms with Crippen molar-refractivity contribution >= 4 is 49.6 Å². The number of fused-ring (bicyclic) bond motifs is 2. The first kappa shape index (κ1) is 21.2. The molecule has 0 aliphatic carbocycles. The summed E-state index contributed by atoms with van der Waals surface area (Å²) in [6.45, 7) is 6.78. The van der Waals surface area contributed by atoms with Crippen molar-refractivity contribution in [1.29, 1.82) is 0 Å². The van der Waals surface area contributed by atoms with Crippen molar-refractivity contribution in [2.45, 2.75) is 44.6 Å². The predicted octanol–water partition coefficient (Wildman–Crippen LogP) is 3.04. The van der Waals surface area contributed by atoms with Crippen LogP contribution in [0.3, 0.4) is 0 Å². The molecule has 0 aromatic carbocycles. The van der Waals surface area contributed by atoms with Crippen LogP contribution in [0.1, 0.15) is 28.1 Å². The Bertz CT molecular complexity index is 1350. The van der Waals surface area contributed by atoms with Crippen molar-refractivity contribution in [2.75, 3.05) is 13.7 Å². The molecule has 0 amide bonds. The van der Waals surface area contributed by atoms with E-state index in [-0.39, 0.29) is 11.1 Å². The Labute approximate surface area is 184 Å². The van der Waals surface area contributed by atoms with Crippen LogP contribution in [-0.4, -0.2) is 37.9 Å². The average molecular weight is 464 g/mol. The number of thioether (sulfide) groups is 1. The maximum atomic E-state index is 13.2. The van der Waals surface area contributed by atoms with Gasteiger partial charge >= 0.3 is 0 Å². The van der Waals surface area contributed by atoms with Gasteiger partial charge in [-0.1, -0.05) is 30.0 Å². The van der Waals surface area contributed by atoms with E-state index in [4.69, 9.17) is 9.72 Å². The van der Waals surface area contributed by atoms with Crippen LogP contribution in [0.25, 0.3) is 15.2 Å². The number of aromatic nitrogens is 5. The molecule has 8 nitrogen and oxygen atoms in total. The summed E-state index contributed by atoms with van der Waals surface area (Å²) in [5.74, 6) is 0.430. The first-order chi connectivity index (χ1) is 14.4. The molecule has 4 heterocycles. The highest BCUT2D eigenvalue weighted by Gasteiger charge is 2.17. The minimum Gasteiger partial charge on any atom is -0.383 e. The first-order valence-electron chi connectivity index (χ1n) is 9.43. The Hall–Kier alpha value is -2.08. The van der Waals surface area contributed by atoms with Gasteiger partial charge < -0.3 is 4.74 Å². The molecule has 0 unspecified atom stereocenters. The lowest BCUT2D eigenvalue weighted by Crippen LogP contribution is -2.25. The summed E-state index contributed by atoms with van der Waals surface area (Å²) in [6.07, 6.45) is 0.757. The second-order valence-electron chi connectivity index (χ2n) is 6.73. The van der Waals surface area contributed by atoms with Gasteiger partial charge in [0.15, 0.2) is 5.16 Å². The van der Waals surface area contributed by atoms with Gasteiger partial charge in [-0.25, -0.2) is 9.97 Å². The number of rotatable bonds is 7. The molecular formula is C19H21N5O3S3. The smallest absolute Gasteiger partial charge is 0.275 e. The van der Waals surface area contributed by atoms with E-state index < -0.39 is 0 Å². The Kier molecular flexibility index (Phi) is 6.05. The van der Waals surface area contributed by atoms with Crippen LogP contribution in [-0.2, 0) is 23.5 Å². The van der Waals surface area contributed by atoms with Gasteiger partial charge in [-0.3, -0.25) is 14.2 Å². The fourth-order valence-electron chi connectivity index (χ4n) is 3.05. The standard InChI is InChI=1S/C19H21N5O3S3/c1-5-13-22-24-14(25)8-12(20-19(24)30-13)9-28-18-21-16-15(10(2)11(3)29-16)17(26)23(18)6-7-27-4/h8H,5-7,9H2,1-4H3. The quantitative estimate of drug-likeness (QED) is 0.307. The topological polar surface area (TPSA) is 91.4 Å². The number of hydrogen-bond acceptors (Lipinski definition) is 9. The largest absolute Gasteiger partial charge is 0.383 e. The highest BCUT2D eigenvalue weighted by atomic mass is 32.2. The van der Waals surface area contributed by atoms with Gasteiger partial charge in [0.2, 0.25) is 4.96 Å². The van der Waals surface area contributed by atoms with E-state index in [9.17, 15) is 9.59 Å². The Morgan fingerprint density at radius 2 is 2.00 bits per heavy atom. The summed E-state index contributed by atoms with van der Waals surface area (Å²) in [4.78, 5) is 37.3. The third kappa shape index (κ3) is 3.82. The van der Waals surface area contributed by atoms with Crippen molar-refractivity contribution < 1.29 is 4.74 Å². The third-order valence-corrected chi connectivity index (χ3v) is 7.93. The molecule has 4 aromatic heterocycles. The lowest BCUT2D eigenvalue weighted by molar-refractivity contribution is 0.183. The monoisotopic (exact) mass is 463 g/mol. The molecule has 4 aromatic rings. The molecule has 4 rings (SSSR count). The molecule has 0 saturated heterocycles. The van der Waals surface area contributed by atoms with Crippen LogP contribution >= 0.6 is 34.4 Å². The fourth-order valence-corrected chi connectivity index (χ4v) is 5.90. The van der Waals surface area contributed by atoms with Crippen molar-refractivity contribution in [2.24, 2.45) is 0 Å². The number of thiophene rings is 1. The van der Waals surface area contributed by atoms with Crippen molar-refractivity contribution in [1.82, 2.24) is 24.1 Å². The van der Waals surface area contributed by atoms with E-state index in [0.29, 0.717) is 40.1 Å². The molecule has 0 fully saturated rings. The van der Waals surface area contributed by atoms with Gasteiger partial charge in [0, 0.05) is 23.8 Å². The van der Waals surface area contributed by atoms with Crippen LogP contribution in [0.4, 0.5) is 0 Å². The highest BCUT2D eigenvalue weighted by Crippen LogP contribution is 2.29. The molecular weight excluding hydrogens is 442 g/mol. The fraction of sp³-hybridized carbons (Fsp3) is 0.421. The Morgan fingerprint density at radius 3 is 2.73 bits per heavy atom. The number of aryl methyl sites for hydroxylation is 3. The zero-order valence-electron chi connectivity index (χ0n) is 17.1. The summed E-state index contributed by atoms with van der Waals surface area (Å²) in [5.41, 5.74) is 1.37. The Morgan fingerprint density at radius 1 is 1.20 bits per heavy atom. The minimum atomic E-state index is -0.198.